The molecule has 1 amide bonds. The van der Waals surface area contributed by atoms with Crippen LogP contribution in [0.3, 0.4) is 0 Å². The lowest BCUT2D eigenvalue weighted by atomic mass is 9.91. The van der Waals surface area contributed by atoms with Crippen LogP contribution in [0, 0.1) is 0 Å². The number of amides is 1. The van der Waals surface area contributed by atoms with Crippen LogP contribution in [0.4, 0.5) is 5.69 Å². The molecule has 8 heteroatoms. The van der Waals surface area contributed by atoms with Gasteiger partial charge in [0.05, 0.1) is 23.8 Å². The van der Waals surface area contributed by atoms with Gasteiger partial charge in [0.2, 0.25) is 15.9 Å². The van der Waals surface area contributed by atoms with E-state index in [2.05, 4.69) is 14.9 Å². The molecule has 2 heterocycles. The third kappa shape index (κ3) is 3.93. The van der Waals surface area contributed by atoms with Gasteiger partial charge in [-0.05, 0) is 32.1 Å². The number of carbonyl (C=O) groups is 1. The fraction of sp³-hybridized carbons (Fsp3) is 0.600. The summed E-state index contributed by atoms with van der Waals surface area (Å²) in [6.07, 6.45) is 9.42. The van der Waals surface area contributed by atoms with Crippen LogP contribution in [0.5, 0.6) is 0 Å². The minimum Gasteiger partial charge on any atom is -0.338 e. The minimum atomic E-state index is -3.35. The maximum atomic E-state index is 12.3. The molecule has 1 aliphatic carbocycles. The van der Waals surface area contributed by atoms with Gasteiger partial charge in [-0.15, -0.1) is 0 Å². The lowest BCUT2D eigenvalue weighted by Gasteiger charge is -2.32. The molecule has 1 unspecified atom stereocenters. The van der Waals surface area contributed by atoms with Crippen molar-refractivity contribution in [2.75, 3.05) is 24.1 Å². The normalized spacial score (nSPS) is 21.7. The van der Waals surface area contributed by atoms with Crippen molar-refractivity contribution < 1.29 is 13.2 Å². The first-order chi connectivity index (χ1) is 10.9. The first kappa shape index (κ1) is 16.0. The standard InChI is InChI=1S/C15H22N4O3S/c1-23(21,22)18-13-9-16-17-15(13)12-6-3-7-19(10-12)14(20)8-11-4-2-5-11/h8-9,12,18H,2-7,10H2,1H3,(H,16,17). The number of sulfonamides is 1. The Morgan fingerprint density at radius 2 is 2.22 bits per heavy atom. The molecule has 2 fully saturated rings. The topological polar surface area (TPSA) is 95.2 Å². The third-order valence-electron chi connectivity index (χ3n) is 4.43. The second-order valence-corrected chi connectivity index (χ2v) is 8.10. The molecule has 1 aliphatic heterocycles. The fourth-order valence-electron chi connectivity index (χ4n) is 3.09. The Balaban J connectivity index is 1.71. The van der Waals surface area contributed by atoms with Crippen molar-refractivity contribution in [3.63, 3.8) is 0 Å². The van der Waals surface area contributed by atoms with E-state index in [4.69, 9.17) is 0 Å². The predicted octanol–water partition coefficient (Wildman–Crippen LogP) is 1.60. The molecule has 126 valence electrons. The van der Waals surface area contributed by atoms with Crippen LogP contribution in [-0.2, 0) is 14.8 Å². The van der Waals surface area contributed by atoms with Crippen molar-refractivity contribution in [3.05, 3.63) is 23.5 Å². The first-order valence-electron chi connectivity index (χ1n) is 7.92. The van der Waals surface area contributed by atoms with Crippen molar-refractivity contribution in [1.29, 1.82) is 0 Å². The molecule has 7 nitrogen and oxygen atoms in total. The molecule has 23 heavy (non-hydrogen) atoms. The maximum Gasteiger partial charge on any atom is 0.246 e. The molecule has 1 saturated heterocycles. The molecule has 2 aliphatic rings. The second kappa shape index (κ2) is 6.35. The van der Waals surface area contributed by atoms with Gasteiger partial charge in [0.1, 0.15) is 0 Å². The molecule has 1 atom stereocenters. The lowest BCUT2D eigenvalue weighted by Crippen LogP contribution is -2.38. The highest BCUT2D eigenvalue weighted by Gasteiger charge is 2.27. The van der Waals surface area contributed by atoms with Gasteiger partial charge < -0.3 is 4.90 Å². The van der Waals surface area contributed by atoms with E-state index in [1.165, 1.54) is 18.2 Å². The largest absolute Gasteiger partial charge is 0.338 e. The zero-order valence-corrected chi connectivity index (χ0v) is 14.0. The van der Waals surface area contributed by atoms with Gasteiger partial charge in [0.15, 0.2) is 0 Å². The Kier molecular flexibility index (Phi) is 4.43. The zero-order valence-electron chi connectivity index (χ0n) is 13.2. The molecule has 0 aromatic carbocycles. The molecule has 1 aromatic heterocycles. The van der Waals surface area contributed by atoms with Crippen LogP contribution in [0.15, 0.2) is 17.8 Å². The monoisotopic (exact) mass is 338 g/mol. The van der Waals surface area contributed by atoms with Crippen LogP contribution in [0.2, 0.25) is 0 Å². The van der Waals surface area contributed by atoms with Crippen molar-refractivity contribution in [2.45, 2.75) is 38.0 Å². The highest BCUT2D eigenvalue weighted by molar-refractivity contribution is 7.92. The van der Waals surface area contributed by atoms with E-state index in [1.807, 2.05) is 4.90 Å². The summed E-state index contributed by atoms with van der Waals surface area (Å²) in [7, 11) is -3.35. The average Bonchev–Trinajstić information content (AvgIpc) is 2.88. The highest BCUT2D eigenvalue weighted by atomic mass is 32.2. The number of hydrogen-bond donors (Lipinski definition) is 2. The van der Waals surface area contributed by atoms with Gasteiger partial charge in [-0.25, -0.2) is 8.42 Å². The van der Waals surface area contributed by atoms with Gasteiger partial charge >= 0.3 is 0 Å². The molecular formula is C15H22N4O3S. The molecule has 2 N–H and O–H groups in total. The summed E-state index contributed by atoms with van der Waals surface area (Å²) in [6, 6.07) is 0. The number of aromatic nitrogens is 2. The highest BCUT2D eigenvalue weighted by Crippen LogP contribution is 2.31. The average molecular weight is 338 g/mol. The predicted molar refractivity (Wildman–Crippen MR) is 87.5 cm³/mol. The van der Waals surface area contributed by atoms with E-state index in [0.29, 0.717) is 12.2 Å². The SMILES string of the molecule is CS(=O)(=O)Nc1cn[nH]c1C1CCCN(C(=O)C=C2CCC2)C1. The summed E-state index contributed by atoms with van der Waals surface area (Å²) < 4.78 is 25.4. The van der Waals surface area contributed by atoms with Crippen LogP contribution in [-0.4, -0.2) is 48.8 Å². The summed E-state index contributed by atoms with van der Waals surface area (Å²) in [5.41, 5.74) is 2.46. The zero-order chi connectivity index (χ0) is 16.4. The summed E-state index contributed by atoms with van der Waals surface area (Å²) >= 11 is 0. The first-order valence-corrected chi connectivity index (χ1v) is 9.81. The third-order valence-corrected chi connectivity index (χ3v) is 5.02. The van der Waals surface area contributed by atoms with Crippen molar-refractivity contribution in [3.8, 4) is 0 Å². The number of allylic oxidation sites excluding steroid dienone is 1. The maximum absolute atomic E-state index is 12.3. The number of aromatic amines is 1. The molecule has 1 aromatic rings. The van der Waals surface area contributed by atoms with E-state index < -0.39 is 10.0 Å². The van der Waals surface area contributed by atoms with Gasteiger partial charge in [-0.3, -0.25) is 14.6 Å². The minimum absolute atomic E-state index is 0.0687. The summed E-state index contributed by atoms with van der Waals surface area (Å²) in [6.45, 7) is 1.34. The second-order valence-electron chi connectivity index (χ2n) is 6.35. The summed E-state index contributed by atoms with van der Waals surface area (Å²) in [4.78, 5) is 14.2. The van der Waals surface area contributed by atoms with Gasteiger partial charge in [0, 0.05) is 25.1 Å². The van der Waals surface area contributed by atoms with E-state index in [1.54, 1.807) is 6.08 Å². The molecule has 0 radical (unpaired) electrons. The lowest BCUT2D eigenvalue weighted by molar-refractivity contribution is -0.127. The number of carbonyl (C=O) groups excluding carboxylic acids is 1. The van der Waals surface area contributed by atoms with E-state index in [-0.39, 0.29) is 11.8 Å². The van der Waals surface area contributed by atoms with Gasteiger partial charge in [-0.1, -0.05) is 5.57 Å². The number of anilines is 1. The Morgan fingerprint density at radius 1 is 1.43 bits per heavy atom. The van der Waals surface area contributed by atoms with Gasteiger partial charge in [-0.2, -0.15) is 5.10 Å². The number of H-pyrrole nitrogens is 1. The molecular weight excluding hydrogens is 316 g/mol. The van der Waals surface area contributed by atoms with Crippen LogP contribution < -0.4 is 4.72 Å². The molecule has 0 bridgehead atoms. The van der Waals surface area contributed by atoms with Crippen molar-refractivity contribution in [1.82, 2.24) is 15.1 Å². The van der Waals surface area contributed by atoms with E-state index in [9.17, 15) is 13.2 Å². The smallest absolute Gasteiger partial charge is 0.246 e. The number of likely N-dealkylation sites (tertiary alicyclic amines) is 1. The van der Waals surface area contributed by atoms with Crippen molar-refractivity contribution >= 4 is 21.6 Å². The van der Waals surface area contributed by atoms with Crippen LogP contribution in [0.1, 0.15) is 43.7 Å². The number of rotatable bonds is 4. The van der Waals surface area contributed by atoms with Gasteiger partial charge in [0.25, 0.3) is 0 Å². The van der Waals surface area contributed by atoms with E-state index >= 15 is 0 Å². The number of nitrogens with one attached hydrogen (secondary N) is 2. The Bertz CT molecular complexity index is 717. The quantitative estimate of drug-likeness (QED) is 0.815. The summed E-state index contributed by atoms with van der Waals surface area (Å²) in [5.74, 6) is 0.140. The van der Waals surface area contributed by atoms with Crippen LogP contribution >= 0.6 is 0 Å². The number of piperidine rings is 1. The van der Waals surface area contributed by atoms with Crippen LogP contribution in [0.25, 0.3) is 0 Å². The molecule has 1 saturated carbocycles. The fourth-order valence-corrected chi connectivity index (χ4v) is 3.65. The van der Waals surface area contributed by atoms with E-state index in [0.717, 1.165) is 44.2 Å². The summed E-state index contributed by atoms with van der Waals surface area (Å²) in [5, 5.41) is 6.85. The number of hydrogen-bond acceptors (Lipinski definition) is 4. The molecule has 0 spiro atoms. The Hall–Kier alpha value is -1.83. The Labute approximate surface area is 136 Å². The number of nitrogens with zero attached hydrogens (tertiary/aromatic N) is 2. The Morgan fingerprint density at radius 3 is 2.87 bits per heavy atom. The van der Waals surface area contributed by atoms with Crippen molar-refractivity contribution in [2.24, 2.45) is 0 Å². The molecule has 3 rings (SSSR count).